The predicted molar refractivity (Wildman–Crippen MR) is 74.8 cm³/mol. The minimum atomic E-state index is -0.439. The van der Waals surface area contributed by atoms with Gasteiger partial charge in [-0.15, -0.1) is 11.3 Å². The fourth-order valence-corrected chi connectivity index (χ4v) is 3.71. The first kappa shape index (κ1) is 12.1. The Hall–Kier alpha value is -0.970. The molecule has 18 heavy (non-hydrogen) atoms. The maximum atomic E-state index is 10.1. The van der Waals surface area contributed by atoms with Crippen molar-refractivity contribution in [2.24, 2.45) is 0 Å². The van der Waals surface area contributed by atoms with Gasteiger partial charge < -0.3 is 5.11 Å². The van der Waals surface area contributed by atoms with Crippen LogP contribution in [0.25, 0.3) is 10.2 Å². The van der Waals surface area contributed by atoms with Crippen LogP contribution in [0.1, 0.15) is 24.8 Å². The van der Waals surface area contributed by atoms with E-state index in [1.807, 2.05) is 12.1 Å². The van der Waals surface area contributed by atoms with Crippen molar-refractivity contribution < 1.29 is 5.11 Å². The molecule has 0 spiro atoms. The summed E-state index contributed by atoms with van der Waals surface area (Å²) in [6.07, 6.45) is 1.95. The molecule has 0 bridgehead atoms. The fraction of sp³-hybridized carbons (Fsp3) is 0.500. The van der Waals surface area contributed by atoms with Gasteiger partial charge in [0.15, 0.2) is 0 Å². The number of aromatic nitrogens is 1. The first-order valence-corrected chi connectivity index (χ1v) is 7.29. The highest BCUT2D eigenvalue weighted by atomic mass is 32.1. The second-order valence-corrected chi connectivity index (χ2v) is 6.31. The minimum absolute atomic E-state index is 0.439. The smallest absolute Gasteiger partial charge is 0.108 e. The van der Waals surface area contributed by atoms with E-state index in [-0.39, 0.29) is 0 Å². The molecule has 3 nitrogen and oxygen atoms in total. The van der Waals surface area contributed by atoms with Gasteiger partial charge in [-0.1, -0.05) is 25.5 Å². The first-order chi connectivity index (χ1) is 8.68. The number of nitrogens with zero attached hydrogens (tertiary/aromatic N) is 2. The third-order valence-electron chi connectivity index (χ3n) is 3.45. The van der Waals surface area contributed by atoms with E-state index in [4.69, 9.17) is 0 Å². The van der Waals surface area contributed by atoms with Crippen LogP contribution in [-0.4, -0.2) is 33.7 Å². The summed E-state index contributed by atoms with van der Waals surface area (Å²) in [5.74, 6) is 0. The molecule has 1 N–H and O–H groups in total. The van der Waals surface area contributed by atoms with Crippen LogP contribution in [0.4, 0.5) is 0 Å². The second-order valence-electron chi connectivity index (χ2n) is 5.19. The molecule has 2 heterocycles. The number of fused-ring (bicyclic) bond motifs is 1. The van der Waals surface area contributed by atoms with E-state index in [0.717, 1.165) is 43.0 Å². The molecule has 3 rings (SSSR count). The molecule has 0 saturated carbocycles. The van der Waals surface area contributed by atoms with Gasteiger partial charge in [0.1, 0.15) is 5.01 Å². The normalized spacial score (nSPS) is 19.0. The third kappa shape index (κ3) is 2.28. The van der Waals surface area contributed by atoms with Gasteiger partial charge in [-0.05, 0) is 18.6 Å². The SMILES string of the molecule is CCCC1(O)CN(Cc2nc3ccccc3s2)C1. The molecule has 0 amide bonds. The van der Waals surface area contributed by atoms with E-state index < -0.39 is 5.60 Å². The molecule has 4 heteroatoms. The van der Waals surface area contributed by atoms with Gasteiger partial charge in [0, 0.05) is 13.1 Å². The Balaban J connectivity index is 1.64. The monoisotopic (exact) mass is 262 g/mol. The first-order valence-electron chi connectivity index (χ1n) is 6.48. The summed E-state index contributed by atoms with van der Waals surface area (Å²) in [7, 11) is 0. The van der Waals surface area contributed by atoms with Crippen molar-refractivity contribution in [1.82, 2.24) is 9.88 Å². The Labute approximate surface area is 111 Å². The number of aliphatic hydroxyl groups is 1. The highest BCUT2D eigenvalue weighted by molar-refractivity contribution is 7.18. The number of para-hydroxylation sites is 1. The molecule has 1 fully saturated rings. The summed E-state index contributed by atoms with van der Waals surface area (Å²) in [6, 6.07) is 8.24. The number of likely N-dealkylation sites (tertiary alicyclic amines) is 1. The predicted octanol–water partition coefficient (Wildman–Crippen LogP) is 2.64. The summed E-state index contributed by atoms with van der Waals surface area (Å²) >= 11 is 1.75. The van der Waals surface area contributed by atoms with Gasteiger partial charge in [-0.3, -0.25) is 4.90 Å². The molecule has 1 aliphatic rings. The summed E-state index contributed by atoms with van der Waals surface area (Å²) in [5, 5.41) is 11.3. The lowest BCUT2D eigenvalue weighted by molar-refractivity contribution is -0.106. The third-order valence-corrected chi connectivity index (χ3v) is 4.47. The minimum Gasteiger partial charge on any atom is -0.387 e. The topological polar surface area (TPSA) is 36.4 Å². The van der Waals surface area contributed by atoms with E-state index in [1.54, 1.807) is 11.3 Å². The van der Waals surface area contributed by atoms with Crippen LogP contribution >= 0.6 is 11.3 Å². The number of hydrogen-bond donors (Lipinski definition) is 1. The van der Waals surface area contributed by atoms with Crippen LogP contribution in [-0.2, 0) is 6.54 Å². The fourth-order valence-electron chi connectivity index (χ4n) is 2.70. The van der Waals surface area contributed by atoms with Crippen molar-refractivity contribution in [2.75, 3.05) is 13.1 Å². The quantitative estimate of drug-likeness (QED) is 0.920. The molecule has 1 aromatic carbocycles. The molecule has 0 unspecified atom stereocenters. The maximum Gasteiger partial charge on any atom is 0.108 e. The Kier molecular flexibility index (Phi) is 3.09. The highest BCUT2D eigenvalue weighted by Gasteiger charge is 2.40. The van der Waals surface area contributed by atoms with Crippen LogP contribution in [0.5, 0.6) is 0 Å². The number of hydrogen-bond acceptors (Lipinski definition) is 4. The number of thiazole rings is 1. The van der Waals surface area contributed by atoms with Gasteiger partial charge in [-0.2, -0.15) is 0 Å². The summed E-state index contributed by atoms with van der Waals surface area (Å²) in [4.78, 5) is 6.89. The van der Waals surface area contributed by atoms with Crippen molar-refractivity contribution in [3.05, 3.63) is 29.3 Å². The average molecular weight is 262 g/mol. The molecule has 0 atom stereocenters. The van der Waals surface area contributed by atoms with E-state index in [2.05, 4.69) is 28.9 Å². The second kappa shape index (κ2) is 4.61. The van der Waals surface area contributed by atoms with Crippen molar-refractivity contribution in [3.63, 3.8) is 0 Å². The summed E-state index contributed by atoms with van der Waals surface area (Å²) in [6.45, 7) is 4.56. The van der Waals surface area contributed by atoms with Gasteiger partial charge in [0.25, 0.3) is 0 Å². The van der Waals surface area contributed by atoms with Gasteiger partial charge in [0.2, 0.25) is 0 Å². The van der Waals surface area contributed by atoms with Gasteiger partial charge in [-0.25, -0.2) is 4.98 Å². The van der Waals surface area contributed by atoms with Crippen molar-refractivity contribution in [2.45, 2.75) is 31.9 Å². The standard InChI is InChI=1S/C14H18N2OS/c1-2-7-14(17)9-16(10-14)8-13-15-11-5-3-4-6-12(11)18-13/h3-6,17H,2,7-10H2,1H3. The van der Waals surface area contributed by atoms with Crippen LogP contribution in [0, 0.1) is 0 Å². The summed E-state index contributed by atoms with van der Waals surface area (Å²) in [5.41, 5.74) is 0.646. The number of rotatable bonds is 4. The Bertz CT molecular complexity index is 512. The molecule has 1 aromatic heterocycles. The van der Waals surface area contributed by atoms with Crippen molar-refractivity contribution >= 4 is 21.6 Å². The zero-order valence-electron chi connectivity index (χ0n) is 10.6. The molecule has 1 saturated heterocycles. The van der Waals surface area contributed by atoms with Crippen molar-refractivity contribution in [1.29, 1.82) is 0 Å². The Morgan fingerprint density at radius 3 is 2.89 bits per heavy atom. The van der Waals surface area contributed by atoms with E-state index in [0.29, 0.717) is 0 Å². The Morgan fingerprint density at radius 2 is 2.17 bits per heavy atom. The van der Waals surface area contributed by atoms with Crippen LogP contribution in [0.2, 0.25) is 0 Å². The Morgan fingerprint density at radius 1 is 1.39 bits per heavy atom. The summed E-state index contributed by atoms with van der Waals surface area (Å²) < 4.78 is 1.25. The number of benzene rings is 1. The average Bonchev–Trinajstić information content (AvgIpc) is 2.69. The zero-order chi connectivity index (χ0) is 12.6. The zero-order valence-corrected chi connectivity index (χ0v) is 11.4. The van der Waals surface area contributed by atoms with E-state index in [9.17, 15) is 5.11 Å². The van der Waals surface area contributed by atoms with E-state index >= 15 is 0 Å². The van der Waals surface area contributed by atoms with Crippen molar-refractivity contribution in [3.8, 4) is 0 Å². The molecule has 96 valence electrons. The lowest BCUT2D eigenvalue weighted by atomic mass is 9.89. The lowest BCUT2D eigenvalue weighted by Gasteiger charge is -2.46. The lowest BCUT2D eigenvalue weighted by Crippen LogP contribution is -2.60. The van der Waals surface area contributed by atoms with Gasteiger partial charge in [0.05, 0.1) is 22.4 Å². The molecular formula is C14H18N2OS. The molecule has 1 aliphatic heterocycles. The van der Waals surface area contributed by atoms with Crippen LogP contribution in [0.3, 0.4) is 0 Å². The van der Waals surface area contributed by atoms with E-state index in [1.165, 1.54) is 4.70 Å². The van der Waals surface area contributed by atoms with Gasteiger partial charge >= 0.3 is 0 Å². The maximum absolute atomic E-state index is 10.1. The molecule has 0 radical (unpaired) electrons. The van der Waals surface area contributed by atoms with Crippen LogP contribution in [0.15, 0.2) is 24.3 Å². The highest BCUT2D eigenvalue weighted by Crippen LogP contribution is 2.29. The largest absolute Gasteiger partial charge is 0.387 e. The molecular weight excluding hydrogens is 244 g/mol. The molecule has 2 aromatic rings. The number of β-amino-alcohol motifs (C(OH)–C–C–N with tert-alkyl or cyclic N) is 1. The molecule has 0 aliphatic carbocycles. The van der Waals surface area contributed by atoms with Crippen LogP contribution < -0.4 is 0 Å².